The van der Waals surface area contributed by atoms with Gasteiger partial charge in [-0.3, -0.25) is 4.79 Å². The minimum Gasteiger partial charge on any atom is -0.507 e. The van der Waals surface area contributed by atoms with E-state index in [1.54, 1.807) is 12.1 Å². The molecule has 0 aliphatic carbocycles. The van der Waals surface area contributed by atoms with Crippen molar-refractivity contribution in [3.8, 4) is 11.5 Å². The molecule has 0 bridgehead atoms. The average Bonchev–Trinajstić information content (AvgIpc) is 2.76. The lowest BCUT2D eigenvalue weighted by Crippen LogP contribution is -2.37. The molecule has 0 aromatic heterocycles. The Kier molecular flexibility index (Phi) is 8.07. The zero-order chi connectivity index (χ0) is 25.1. The smallest absolute Gasteiger partial charge is 0.166 e. The standard InChI is InChI=1S/C29H40FNO3/c1-28(2,3)24-18-23(19-25(27(24)33)29(4,5)6)34-17-7-14-31-15-12-21(13-16-31)26(32)20-8-10-22(30)11-9-20/h8-11,18-19,21,33H,7,12-17H2,1-6H3. The molecule has 1 aliphatic heterocycles. The van der Waals surface area contributed by atoms with Gasteiger partial charge in [-0.15, -0.1) is 0 Å². The molecule has 5 heteroatoms. The Morgan fingerprint density at radius 2 is 1.53 bits per heavy atom. The Balaban J connectivity index is 1.50. The number of Topliss-reactive ketones (excluding diaryl/α,β-unsaturated/α-hetero) is 1. The van der Waals surface area contributed by atoms with E-state index in [9.17, 15) is 14.3 Å². The summed E-state index contributed by atoms with van der Waals surface area (Å²) >= 11 is 0. The summed E-state index contributed by atoms with van der Waals surface area (Å²) in [6, 6.07) is 9.81. The van der Waals surface area contributed by atoms with Crippen molar-refractivity contribution in [1.82, 2.24) is 4.90 Å². The van der Waals surface area contributed by atoms with Crippen molar-refractivity contribution in [3.05, 3.63) is 58.9 Å². The minimum absolute atomic E-state index is 0.0154. The van der Waals surface area contributed by atoms with Crippen molar-refractivity contribution in [1.29, 1.82) is 0 Å². The molecular weight excluding hydrogens is 429 g/mol. The number of hydrogen-bond donors (Lipinski definition) is 1. The number of hydrogen-bond acceptors (Lipinski definition) is 4. The van der Waals surface area contributed by atoms with Crippen LogP contribution in [-0.4, -0.2) is 42.0 Å². The first-order valence-electron chi connectivity index (χ1n) is 12.4. The second-order valence-electron chi connectivity index (χ2n) is 11.6. The molecule has 4 nitrogen and oxygen atoms in total. The van der Waals surface area contributed by atoms with Crippen LogP contribution in [0, 0.1) is 11.7 Å². The quantitative estimate of drug-likeness (QED) is 0.372. The molecule has 0 unspecified atom stereocenters. The maximum absolute atomic E-state index is 13.1. The average molecular weight is 470 g/mol. The van der Waals surface area contributed by atoms with Gasteiger partial charge in [-0.1, -0.05) is 41.5 Å². The number of carbonyl (C=O) groups excluding carboxylic acids is 1. The van der Waals surface area contributed by atoms with Gasteiger partial charge in [0.25, 0.3) is 0 Å². The van der Waals surface area contributed by atoms with Crippen LogP contribution in [0.3, 0.4) is 0 Å². The zero-order valence-corrected chi connectivity index (χ0v) is 21.6. The van der Waals surface area contributed by atoms with E-state index < -0.39 is 0 Å². The number of ketones is 1. The topological polar surface area (TPSA) is 49.8 Å². The molecule has 1 saturated heterocycles. The number of likely N-dealkylation sites (tertiary alicyclic amines) is 1. The molecule has 0 amide bonds. The number of carbonyl (C=O) groups is 1. The van der Waals surface area contributed by atoms with E-state index in [1.165, 1.54) is 12.1 Å². The van der Waals surface area contributed by atoms with E-state index >= 15 is 0 Å². The fourth-order valence-corrected chi connectivity index (χ4v) is 4.58. The first-order valence-corrected chi connectivity index (χ1v) is 12.4. The number of rotatable bonds is 7. The number of ether oxygens (including phenoxy) is 1. The SMILES string of the molecule is CC(C)(C)c1cc(OCCCN2CCC(C(=O)c3ccc(F)cc3)CC2)cc(C(C)(C)C)c1O. The highest BCUT2D eigenvalue weighted by molar-refractivity contribution is 5.97. The zero-order valence-electron chi connectivity index (χ0n) is 21.6. The van der Waals surface area contributed by atoms with Crippen LogP contribution in [0.15, 0.2) is 36.4 Å². The minimum atomic E-state index is -0.315. The van der Waals surface area contributed by atoms with E-state index in [0.717, 1.165) is 55.8 Å². The summed E-state index contributed by atoms with van der Waals surface area (Å²) in [7, 11) is 0. The van der Waals surface area contributed by atoms with E-state index in [-0.39, 0.29) is 28.3 Å². The van der Waals surface area contributed by atoms with Gasteiger partial charge in [0.15, 0.2) is 5.78 Å². The molecule has 2 aromatic carbocycles. The maximum atomic E-state index is 13.1. The van der Waals surface area contributed by atoms with Gasteiger partial charge in [-0.2, -0.15) is 0 Å². The number of benzene rings is 2. The van der Waals surface area contributed by atoms with E-state index in [4.69, 9.17) is 4.74 Å². The van der Waals surface area contributed by atoms with Gasteiger partial charge in [-0.25, -0.2) is 4.39 Å². The molecule has 0 atom stereocenters. The van der Waals surface area contributed by atoms with Crippen LogP contribution in [-0.2, 0) is 10.8 Å². The third-order valence-electron chi connectivity index (χ3n) is 6.67. The van der Waals surface area contributed by atoms with Crippen molar-refractivity contribution in [2.45, 2.75) is 71.6 Å². The molecule has 34 heavy (non-hydrogen) atoms. The van der Waals surface area contributed by atoms with Gasteiger partial charge in [0.05, 0.1) is 6.61 Å². The molecular formula is C29H40FNO3. The molecule has 0 saturated carbocycles. The highest BCUT2D eigenvalue weighted by atomic mass is 19.1. The Morgan fingerprint density at radius 1 is 1.00 bits per heavy atom. The Morgan fingerprint density at radius 3 is 2.03 bits per heavy atom. The van der Waals surface area contributed by atoms with Crippen LogP contribution in [0.25, 0.3) is 0 Å². The summed E-state index contributed by atoms with van der Waals surface area (Å²) in [5, 5.41) is 10.9. The summed E-state index contributed by atoms with van der Waals surface area (Å²) in [5.41, 5.74) is 2.05. The monoisotopic (exact) mass is 469 g/mol. The van der Waals surface area contributed by atoms with Crippen LogP contribution in [0.5, 0.6) is 11.5 Å². The van der Waals surface area contributed by atoms with E-state index in [2.05, 4.69) is 46.4 Å². The van der Waals surface area contributed by atoms with Crippen molar-refractivity contribution >= 4 is 5.78 Å². The third-order valence-corrected chi connectivity index (χ3v) is 6.67. The maximum Gasteiger partial charge on any atom is 0.166 e. The van der Waals surface area contributed by atoms with Crippen molar-refractivity contribution in [2.24, 2.45) is 5.92 Å². The van der Waals surface area contributed by atoms with Gasteiger partial charge >= 0.3 is 0 Å². The number of halogens is 1. The number of phenolic OH excluding ortho intramolecular Hbond substituents is 1. The number of aromatic hydroxyl groups is 1. The fourth-order valence-electron chi connectivity index (χ4n) is 4.58. The summed E-state index contributed by atoms with van der Waals surface area (Å²) in [6.45, 7) is 15.9. The third kappa shape index (κ3) is 6.59. The van der Waals surface area contributed by atoms with E-state index in [1.807, 2.05) is 12.1 Å². The lowest BCUT2D eigenvalue weighted by Gasteiger charge is -2.31. The predicted molar refractivity (Wildman–Crippen MR) is 136 cm³/mol. The second-order valence-corrected chi connectivity index (χ2v) is 11.6. The summed E-state index contributed by atoms with van der Waals surface area (Å²) in [4.78, 5) is 15.1. The molecule has 0 spiro atoms. The van der Waals surface area contributed by atoms with Crippen LogP contribution in [0.2, 0.25) is 0 Å². The second kappa shape index (κ2) is 10.5. The molecule has 186 valence electrons. The first-order chi connectivity index (χ1) is 15.9. The van der Waals surface area contributed by atoms with Crippen LogP contribution < -0.4 is 4.74 Å². The highest BCUT2D eigenvalue weighted by Gasteiger charge is 2.28. The molecule has 3 rings (SSSR count). The van der Waals surface area contributed by atoms with Crippen molar-refractivity contribution in [3.63, 3.8) is 0 Å². The molecule has 1 aliphatic rings. The molecule has 0 radical (unpaired) electrons. The largest absolute Gasteiger partial charge is 0.507 e. The molecule has 1 heterocycles. The highest BCUT2D eigenvalue weighted by Crippen LogP contribution is 2.41. The van der Waals surface area contributed by atoms with Crippen molar-refractivity contribution in [2.75, 3.05) is 26.2 Å². The van der Waals surface area contributed by atoms with Gasteiger partial charge in [0, 0.05) is 29.2 Å². The molecule has 2 aromatic rings. The van der Waals surface area contributed by atoms with E-state index in [0.29, 0.717) is 17.9 Å². The number of nitrogens with zero attached hydrogens (tertiary/aromatic N) is 1. The number of phenols is 1. The summed E-state index contributed by atoms with van der Waals surface area (Å²) in [6.07, 6.45) is 2.56. The Bertz CT molecular complexity index is 943. The van der Waals surface area contributed by atoms with Gasteiger partial charge in [-0.05, 0) is 79.6 Å². The fraction of sp³-hybridized carbons (Fsp3) is 0.552. The molecule has 1 fully saturated rings. The van der Waals surface area contributed by atoms with Crippen LogP contribution in [0.1, 0.15) is 82.3 Å². The normalized spacial score (nSPS) is 16.0. The van der Waals surface area contributed by atoms with Crippen molar-refractivity contribution < 1.29 is 19.0 Å². The summed E-state index contributed by atoms with van der Waals surface area (Å²) < 4.78 is 19.2. The van der Waals surface area contributed by atoms with Crippen LogP contribution in [0.4, 0.5) is 4.39 Å². The Labute approximate surface area is 204 Å². The predicted octanol–water partition coefficient (Wildman–Crippen LogP) is 6.49. The lowest BCUT2D eigenvalue weighted by atomic mass is 9.79. The van der Waals surface area contributed by atoms with Gasteiger partial charge in [0.2, 0.25) is 0 Å². The van der Waals surface area contributed by atoms with Gasteiger partial charge in [0.1, 0.15) is 17.3 Å². The number of piperidine rings is 1. The lowest BCUT2D eigenvalue weighted by molar-refractivity contribution is 0.0835. The first kappa shape index (κ1) is 26.2. The van der Waals surface area contributed by atoms with Gasteiger partial charge < -0.3 is 14.7 Å². The molecule has 1 N–H and O–H groups in total. The summed E-state index contributed by atoms with van der Waals surface area (Å²) in [5.74, 6) is 0.994. The van der Waals surface area contributed by atoms with Crippen LogP contribution >= 0.6 is 0 Å². The Hall–Kier alpha value is -2.40.